The molecule has 1 N–H and O–H groups in total. The molecule has 1 atom stereocenters. The molecule has 1 aromatic heterocycles. The second kappa shape index (κ2) is 7.04. The van der Waals surface area contributed by atoms with Crippen molar-refractivity contribution in [2.45, 2.75) is 38.6 Å². The van der Waals surface area contributed by atoms with Gasteiger partial charge in [0.1, 0.15) is 0 Å². The van der Waals surface area contributed by atoms with Gasteiger partial charge in [-0.3, -0.25) is 9.29 Å². The Kier molecular flexibility index (Phi) is 5.37. The summed E-state index contributed by atoms with van der Waals surface area (Å²) in [6.45, 7) is 3.31. The fourth-order valence-electron chi connectivity index (χ4n) is 2.62. The molecular weight excluding hydrogens is 274 g/mol. The van der Waals surface area contributed by atoms with E-state index in [-0.39, 0.29) is 5.75 Å². The maximum Gasteiger partial charge on any atom is 0.235 e. The van der Waals surface area contributed by atoms with Gasteiger partial charge >= 0.3 is 0 Å². The van der Waals surface area contributed by atoms with E-state index >= 15 is 0 Å². The number of aromatic nitrogens is 1. The Balaban J connectivity index is 2.00. The molecule has 1 unspecified atom stereocenters. The summed E-state index contributed by atoms with van der Waals surface area (Å²) in [7, 11) is -3.26. The molecule has 1 aliphatic heterocycles. The molecule has 112 valence electrons. The fraction of sp³-hybridized carbons (Fsp3) is 0.643. The minimum atomic E-state index is -3.26. The van der Waals surface area contributed by atoms with Crippen LogP contribution in [-0.2, 0) is 10.0 Å². The summed E-state index contributed by atoms with van der Waals surface area (Å²) in [5, 5.41) is 3.40. The monoisotopic (exact) mass is 297 g/mol. The van der Waals surface area contributed by atoms with E-state index < -0.39 is 10.0 Å². The van der Waals surface area contributed by atoms with Gasteiger partial charge in [0.15, 0.2) is 0 Å². The smallest absolute Gasteiger partial charge is 0.235 e. The standard InChI is InChI=1S/C14H23N3O2S/c1-2-17(14-6-10-15-11-7-14)20(18,19)12-8-13-5-3-4-9-16-13/h6-7,10-11,13,16H,2-5,8-9,12H2,1H3. The Morgan fingerprint density at radius 1 is 1.35 bits per heavy atom. The SMILES string of the molecule is CCN(c1ccncc1)S(=O)(=O)CCC1CCCCN1. The Bertz CT molecular complexity index is 498. The van der Waals surface area contributed by atoms with Gasteiger partial charge in [-0.1, -0.05) is 6.42 Å². The molecule has 0 aromatic carbocycles. The highest BCUT2D eigenvalue weighted by atomic mass is 32.2. The van der Waals surface area contributed by atoms with Crippen LogP contribution >= 0.6 is 0 Å². The van der Waals surface area contributed by atoms with Crippen LogP contribution in [0.1, 0.15) is 32.6 Å². The van der Waals surface area contributed by atoms with Gasteiger partial charge in [-0.15, -0.1) is 0 Å². The number of piperidine rings is 1. The molecule has 0 aliphatic carbocycles. The van der Waals surface area contributed by atoms with Gasteiger partial charge in [0.25, 0.3) is 0 Å². The maximum absolute atomic E-state index is 12.5. The average Bonchev–Trinajstić information content (AvgIpc) is 2.48. The summed E-state index contributed by atoms with van der Waals surface area (Å²) in [5.41, 5.74) is 0.694. The van der Waals surface area contributed by atoms with Crippen molar-refractivity contribution >= 4 is 15.7 Å². The van der Waals surface area contributed by atoms with E-state index in [9.17, 15) is 8.42 Å². The molecule has 1 fully saturated rings. The molecule has 0 radical (unpaired) electrons. The van der Waals surface area contributed by atoms with Crippen molar-refractivity contribution in [2.75, 3.05) is 23.1 Å². The largest absolute Gasteiger partial charge is 0.314 e. The number of anilines is 1. The predicted molar refractivity (Wildman–Crippen MR) is 81.3 cm³/mol. The lowest BCUT2D eigenvalue weighted by Crippen LogP contribution is -2.38. The Morgan fingerprint density at radius 3 is 2.70 bits per heavy atom. The van der Waals surface area contributed by atoms with Crippen molar-refractivity contribution in [1.82, 2.24) is 10.3 Å². The summed E-state index contributed by atoms with van der Waals surface area (Å²) in [6, 6.07) is 3.81. The Hall–Kier alpha value is -1.14. The number of sulfonamides is 1. The molecule has 2 heterocycles. The quantitative estimate of drug-likeness (QED) is 0.869. The van der Waals surface area contributed by atoms with Crippen LogP contribution in [0, 0.1) is 0 Å². The molecule has 5 nitrogen and oxygen atoms in total. The van der Waals surface area contributed by atoms with Crippen LogP contribution in [0.4, 0.5) is 5.69 Å². The van der Waals surface area contributed by atoms with Gasteiger partial charge < -0.3 is 5.32 Å². The second-order valence-corrected chi connectivity index (χ2v) is 7.13. The molecular formula is C14H23N3O2S. The zero-order valence-electron chi connectivity index (χ0n) is 12.0. The van der Waals surface area contributed by atoms with Crippen LogP contribution in [0.5, 0.6) is 0 Å². The van der Waals surface area contributed by atoms with Gasteiger partial charge in [-0.05, 0) is 44.9 Å². The molecule has 2 rings (SSSR count). The highest BCUT2D eigenvalue weighted by Crippen LogP contribution is 2.19. The molecule has 1 aliphatic rings. The van der Waals surface area contributed by atoms with Crippen molar-refractivity contribution in [3.63, 3.8) is 0 Å². The van der Waals surface area contributed by atoms with Crippen molar-refractivity contribution in [3.8, 4) is 0 Å². The summed E-state index contributed by atoms with van der Waals surface area (Å²) in [5.74, 6) is 0.195. The van der Waals surface area contributed by atoms with E-state index in [0.717, 1.165) is 13.0 Å². The van der Waals surface area contributed by atoms with E-state index in [0.29, 0.717) is 24.7 Å². The minimum absolute atomic E-state index is 0.195. The molecule has 1 aromatic rings. The number of nitrogens with one attached hydrogen (secondary N) is 1. The summed E-state index contributed by atoms with van der Waals surface area (Å²) in [6.07, 6.45) is 7.40. The molecule has 0 spiro atoms. The summed E-state index contributed by atoms with van der Waals surface area (Å²) < 4.78 is 26.4. The van der Waals surface area contributed by atoms with Crippen molar-refractivity contribution < 1.29 is 8.42 Å². The topological polar surface area (TPSA) is 62.3 Å². The summed E-state index contributed by atoms with van der Waals surface area (Å²) >= 11 is 0. The third-order valence-electron chi connectivity index (χ3n) is 3.71. The highest BCUT2D eigenvalue weighted by Gasteiger charge is 2.23. The van der Waals surface area contributed by atoms with Crippen LogP contribution in [0.15, 0.2) is 24.5 Å². The number of hydrogen-bond donors (Lipinski definition) is 1. The van der Waals surface area contributed by atoms with Crippen LogP contribution < -0.4 is 9.62 Å². The lowest BCUT2D eigenvalue weighted by Gasteiger charge is -2.26. The fourth-order valence-corrected chi connectivity index (χ4v) is 4.26. The third-order valence-corrected chi connectivity index (χ3v) is 5.60. The van der Waals surface area contributed by atoms with Crippen LogP contribution in [0.25, 0.3) is 0 Å². The second-order valence-electron chi connectivity index (χ2n) is 5.12. The third kappa shape index (κ3) is 3.93. The first-order chi connectivity index (χ1) is 9.63. The number of rotatable bonds is 6. The lowest BCUT2D eigenvalue weighted by atomic mass is 10.0. The zero-order chi connectivity index (χ0) is 14.4. The van der Waals surface area contributed by atoms with Gasteiger partial charge in [-0.2, -0.15) is 0 Å². The Labute approximate surface area is 121 Å². The average molecular weight is 297 g/mol. The maximum atomic E-state index is 12.5. The van der Waals surface area contributed by atoms with E-state index in [4.69, 9.17) is 0 Å². The van der Waals surface area contributed by atoms with E-state index in [1.165, 1.54) is 17.1 Å². The van der Waals surface area contributed by atoms with E-state index in [1.807, 2.05) is 6.92 Å². The van der Waals surface area contributed by atoms with Crippen LogP contribution in [0.3, 0.4) is 0 Å². The Morgan fingerprint density at radius 2 is 2.10 bits per heavy atom. The highest BCUT2D eigenvalue weighted by molar-refractivity contribution is 7.92. The van der Waals surface area contributed by atoms with Crippen molar-refractivity contribution in [1.29, 1.82) is 0 Å². The number of pyridine rings is 1. The molecule has 0 amide bonds. The molecule has 6 heteroatoms. The molecule has 0 bridgehead atoms. The van der Waals surface area contributed by atoms with Gasteiger partial charge in [-0.25, -0.2) is 8.42 Å². The molecule has 1 saturated heterocycles. The zero-order valence-corrected chi connectivity index (χ0v) is 12.8. The van der Waals surface area contributed by atoms with Gasteiger partial charge in [0, 0.05) is 25.0 Å². The first-order valence-electron chi connectivity index (χ1n) is 7.27. The van der Waals surface area contributed by atoms with E-state index in [2.05, 4.69) is 10.3 Å². The predicted octanol–water partition coefficient (Wildman–Crippen LogP) is 1.77. The van der Waals surface area contributed by atoms with Gasteiger partial charge in [0.2, 0.25) is 10.0 Å². The van der Waals surface area contributed by atoms with Crippen molar-refractivity contribution in [3.05, 3.63) is 24.5 Å². The number of hydrogen-bond acceptors (Lipinski definition) is 4. The first kappa shape index (κ1) is 15.3. The molecule has 0 saturated carbocycles. The minimum Gasteiger partial charge on any atom is -0.314 e. The van der Waals surface area contributed by atoms with Crippen LogP contribution in [-0.4, -0.2) is 38.3 Å². The van der Waals surface area contributed by atoms with Gasteiger partial charge in [0.05, 0.1) is 11.4 Å². The van der Waals surface area contributed by atoms with Crippen LogP contribution in [0.2, 0.25) is 0 Å². The van der Waals surface area contributed by atoms with Crippen molar-refractivity contribution in [2.24, 2.45) is 0 Å². The summed E-state index contributed by atoms with van der Waals surface area (Å²) in [4.78, 5) is 3.93. The van der Waals surface area contributed by atoms with E-state index in [1.54, 1.807) is 24.5 Å². The first-order valence-corrected chi connectivity index (χ1v) is 8.88. The molecule has 20 heavy (non-hydrogen) atoms. The number of nitrogens with zero attached hydrogens (tertiary/aromatic N) is 2. The normalized spacial score (nSPS) is 19.8. The lowest BCUT2D eigenvalue weighted by molar-refractivity contribution is 0.392.